The van der Waals surface area contributed by atoms with Crippen molar-refractivity contribution in [1.82, 2.24) is 4.90 Å². The van der Waals surface area contributed by atoms with Crippen LogP contribution in [0, 0.1) is 18.3 Å². The lowest BCUT2D eigenvalue weighted by molar-refractivity contribution is 0.0711. The first-order valence-corrected chi connectivity index (χ1v) is 9.15. The molecule has 2 aromatic carbocycles. The monoisotopic (exact) mass is 348 g/mol. The van der Waals surface area contributed by atoms with Crippen LogP contribution in [-0.2, 0) is 6.42 Å². The Balaban J connectivity index is 1.70. The molecule has 0 saturated carbocycles. The van der Waals surface area contributed by atoms with E-state index in [9.17, 15) is 9.90 Å². The lowest BCUT2D eigenvalue weighted by Crippen LogP contribution is -2.38. The average molecular weight is 348 g/mol. The van der Waals surface area contributed by atoms with Crippen LogP contribution in [0.1, 0.15) is 58.3 Å². The fourth-order valence-corrected chi connectivity index (χ4v) is 3.66. The highest BCUT2D eigenvalue weighted by atomic mass is 16.3. The van der Waals surface area contributed by atoms with Crippen molar-refractivity contribution < 1.29 is 9.90 Å². The topological polar surface area (TPSA) is 64.3 Å². The number of amides is 1. The van der Waals surface area contributed by atoms with Gasteiger partial charge in [-0.25, -0.2) is 0 Å². The zero-order valence-electron chi connectivity index (χ0n) is 15.3. The average Bonchev–Trinajstić information content (AvgIpc) is 2.69. The Morgan fingerprint density at radius 3 is 2.46 bits per heavy atom. The number of nitrogens with zero attached hydrogens (tertiary/aromatic N) is 2. The predicted octanol–water partition coefficient (Wildman–Crippen LogP) is 4.15. The van der Waals surface area contributed by atoms with Gasteiger partial charge in [0.2, 0.25) is 0 Å². The van der Waals surface area contributed by atoms with Gasteiger partial charge in [0.25, 0.3) is 5.91 Å². The highest BCUT2D eigenvalue weighted by Gasteiger charge is 2.26. The summed E-state index contributed by atoms with van der Waals surface area (Å²) in [6.45, 7) is 5.30. The Labute approximate surface area is 154 Å². The number of carbonyl (C=O) groups is 1. The van der Waals surface area contributed by atoms with Gasteiger partial charge in [-0.2, -0.15) is 5.26 Å². The van der Waals surface area contributed by atoms with Crippen molar-refractivity contribution in [3.05, 3.63) is 64.2 Å². The number of piperidine rings is 1. The maximum atomic E-state index is 12.9. The molecule has 134 valence electrons. The van der Waals surface area contributed by atoms with Crippen molar-refractivity contribution in [2.24, 2.45) is 0 Å². The van der Waals surface area contributed by atoms with Crippen molar-refractivity contribution in [2.45, 2.75) is 39.0 Å². The second kappa shape index (κ2) is 7.61. The summed E-state index contributed by atoms with van der Waals surface area (Å²) in [5, 5.41) is 18.9. The molecular weight excluding hydrogens is 324 g/mol. The summed E-state index contributed by atoms with van der Waals surface area (Å²) >= 11 is 0. The molecule has 0 bridgehead atoms. The van der Waals surface area contributed by atoms with Gasteiger partial charge in [-0.3, -0.25) is 4.79 Å². The van der Waals surface area contributed by atoms with Crippen molar-refractivity contribution >= 4 is 5.91 Å². The maximum absolute atomic E-state index is 12.9. The molecule has 26 heavy (non-hydrogen) atoms. The fourth-order valence-electron chi connectivity index (χ4n) is 3.66. The summed E-state index contributed by atoms with van der Waals surface area (Å²) < 4.78 is 0. The van der Waals surface area contributed by atoms with Crippen molar-refractivity contribution in [3.63, 3.8) is 0 Å². The van der Waals surface area contributed by atoms with E-state index in [-0.39, 0.29) is 11.7 Å². The molecule has 2 aromatic rings. The van der Waals surface area contributed by atoms with E-state index in [1.165, 1.54) is 5.56 Å². The molecule has 1 aliphatic heterocycles. The number of hydrogen-bond acceptors (Lipinski definition) is 3. The van der Waals surface area contributed by atoms with Crippen LogP contribution in [0.4, 0.5) is 0 Å². The van der Waals surface area contributed by atoms with Gasteiger partial charge >= 0.3 is 0 Å². The normalized spacial score (nSPS) is 14.9. The van der Waals surface area contributed by atoms with Crippen LogP contribution in [-0.4, -0.2) is 29.0 Å². The Hall–Kier alpha value is -2.80. The zero-order valence-corrected chi connectivity index (χ0v) is 15.3. The number of phenols is 1. The molecule has 1 amide bonds. The number of benzene rings is 2. The maximum Gasteiger partial charge on any atom is 0.254 e. The highest BCUT2D eigenvalue weighted by Crippen LogP contribution is 2.30. The molecule has 0 radical (unpaired) electrons. The van der Waals surface area contributed by atoms with Crippen LogP contribution in [0.25, 0.3) is 0 Å². The number of carbonyl (C=O) groups excluding carboxylic acids is 1. The van der Waals surface area contributed by atoms with E-state index in [2.05, 4.69) is 6.07 Å². The molecule has 0 atom stereocenters. The first-order valence-electron chi connectivity index (χ1n) is 9.15. The number of hydrogen-bond donors (Lipinski definition) is 1. The SMILES string of the molecule is CCc1cc(C)c(O)cc1C(=O)N1CCC(c2ccc(C#N)cc2)CC1. The van der Waals surface area contributed by atoms with Crippen molar-refractivity contribution in [1.29, 1.82) is 5.26 Å². The van der Waals surface area contributed by atoms with Crippen LogP contribution in [0.2, 0.25) is 0 Å². The van der Waals surface area contributed by atoms with Gasteiger partial charge in [-0.1, -0.05) is 25.1 Å². The lowest BCUT2D eigenvalue weighted by Gasteiger charge is -2.33. The third kappa shape index (κ3) is 3.57. The van der Waals surface area contributed by atoms with Gasteiger partial charge in [-0.05, 0) is 67.0 Å². The fraction of sp³-hybridized carbons (Fsp3) is 0.364. The Morgan fingerprint density at radius 2 is 1.88 bits per heavy atom. The van der Waals surface area contributed by atoms with E-state index in [4.69, 9.17) is 5.26 Å². The van der Waals surface area contributed by atoms with Gasteiger partial charge in [-0.15, -0.1) is 0 Å². The second-order valence-electron chi connectivity index (χ2n) is 6.95. The van der Waals surface area contributed by atoms with Crippen LogP contribution < -0.4 is 0 Å². The smallest absolute Gasteiger partial charge is 0.254 e. The Bertz CT molecular complexity index is 842. The molecule has 4 heteroatoms. The number of likely N-dealkylation sites (tertiary alicyclic amines) is 1. The van der Waals surface area contributed by atoms with E-state index < -0.39 is 0 Å². The van der Waals surface area contributed by atoms with Crippen LogP contribution in [0.3, 0.4) is 0 Å². The van der Waals surface area contributed by atoms with Crippen LogP contribution in [0.15, 0.2) is 36.4 Å². The summed E-state index contributed by atoms with van der Waals surface area (Å²) in [5.41, 5.74) is 4.32. The summed E-state index contributed by atoms with van der Waals surface area (Å²) in [7, 11) is 0. The van der Waals surface area contributed by atoms with Crippen molar-refractivity contribution in [3.8, 4) is 11.8 Å². The highest BCUT2D eigenvalue weighted by molar-refractivity contribution is 5.96. The van der Waals surface area contributed by atoms with E-state index in [1.807, 2.05) is 49.1 Å². The van der Waals surface area contributed by atoms with Gasteiger partial charge in [0, 0.05) is 18.7 Å². The standard InChI is InChI=1S/C22H24N2O2/c1-3-17-12-15(2)21(25)13-20(17)22(26)24-10-8-19(9-11-24)18-6-4-16(14-23)5-7-18/h4-7,12-13,19,25H,3,8-11H2,1-2H3. The minimum absolute atomic E-state index is 0.00966. The molecule has 1 heterocycles. The molecule has 0 unspecified atom stereocenters. The minimum Gasteiger partial charge on any atom is -0.508 e. The summed E-state index contributed by atoms with van der Waals surface area (Å²) in [6, 6.07) is 13.4. The molecule has 3 rings (SSSR count). The molecule has 1 N–H and O–H groups in total. The number of aryl methyl sites for hydroxylation is 2. The molecule has 1 fully saturated rings. The molecule has 0 aliphatic carbocycles. The van der Waals surface area contributed by atoms with Crippen LogP contribution >= 0.6 is 0 Å². The van der Waals surface area contributed by atoms with Gasteiger partial charge in [0.05, 0.1) is 11.6 Å². The van der Waals surface area contributed by atoms with Crippen LogP contribution in [0.5, 0.6) is 5.75 Å². The predicted molar refractivity (Wildman–Crippen MR) is 101 cm³/mol. The molecule has 0 aromatic heterocycles. The summed E-state index contributed by atoms with van der Waals surface area (Å²) in [4.78, 5) is 14.8. The number of phenolic OH excluding ortho intramolecular Hbond substituents is 1. The van der Waals surface area contributed by atoms with E-state index in [1.54, 1.807) is 6.07 Å². The number of nitriles is 1. The van der Waals surface area contributed by atoms with E-state index >= 15 is 0 Å². The zero-order chi connectivity index (χ0) is 18.7. The Kier molecular flexibility index (Phi) is 5.27. The van der Waals surface area contributed by atoms with E-state index in [0.717, 1.165) is 30.4 Å². The van der Waals surface area contributed by atoms with Gasteiger partial charge < -0.3 is 10.0 Å². The largest absolute Gasteiger partial charge is 0.508 e. The molecule has 1 aliphatic rings. The Morgan fingerprint density at radius 1 is 1.23 bits per heavy atom. The lowest BCUT2D eigenvalue weighted by atomic mass is 9.88. The minimum atomic E-state index is 0.00966. The summed E-state index contributed by atoms with van der Waals surface area (Å²) in [5.74, 6) is 0.609. The molecule has 1 saturated heterocycles. The first kappa shape index (κ1) is 18.0. The number of aromatic hydroxyl groups is 1. The third-order valence-electron chi connectivity index (χ3n) is 5.33. The quantitative estimate of drug-likeness (QED) is 0.906. The van der Waals surface area contributed by atoms with E-state index in [0.29, 0.717) is 30.1 Å². The molecule has 4 nitrogen and oxygen atoms in total. The number of rotatable bonds is 3. The van der Waals surface area contributed by atoms with Gasteiger partial charge in [0.15, 0.2) is 0 Å². The molecular formula is C22H24N2O2. The first-order chi connectivity index (χ1) is 12.5. The van der Waals surface area contributed by atoms with Crippen molar-refractivity contribution in [2.75, 3.05) is 13.1 Å². The van der Waals surface area contributed by atoms with Gasteiger partial charge in [0.1, 0.15) is 5.75 Å². The second-order valence-corrected chi connectivity index (χ2v) is 6.95. The third-order valence-corrected chi connectivity index (χ3v) is 5.33. The summed E-state index contributed by atoms with van der Waals surface area (Å²) in [6.07, 6.45) is 2.60. The molecule has 0 spiro atoms.